The molecule has 2 aliphatic rings. The van der Waals surface area contributed by atoms with E-state index in [9.17, 15) is 4.79 Å². The molecule has 6 heteroatoms. The summed E-state index contributed by atoms with van der Waals surface area (Å²) in [7, 11) is 0. The Kier molecular flexibility index (Phi) is 4.19. The minimum Gasteiger partial charge on any atom is -0.338 e. The molecule has 2 heterocycles. The van der Waals surface area contributed by atoms with Gasteiger partial charge in [-0.1, -0.05) is 29.8 Å². The van der Waals surface area contributed by atoms with Gasteiger partial charge in [-0.25, -0.2) is 15.3 Å². The summed E-state index contributed by atoms with van der Waals surface area (Å²) in [6.45, 7) is 1.24. The molecule has 1 fully saturated rings. The Hall–Kier alpha value is -2.37. The second-order valence-electron chi connectivity index (χ2n) is 6.28. The first-order valence-electron chi connectivity index (χ1n) is 8.29. The summed E-state index contributed by atoms with van der Waals surface area (Å²) < 4.78 is 0. The van der Waals surface area contributed by atoms with E-state index in [0.29, 0.717) is 42.4 Å². The molecule has 5 nitrogen and oxygen atoms in total. The third kappa shape index (κ3) is 3.25. The fourth-order valence-corrected chi connectivity index (χ4v) is 3.29. The number of likely N-dealkylation sites (tertiary alicyclic amines) is 1. The number of carbonyl (C=O) groups is 1. The average molecular weight is 356 g/mol. The molecule has 0 aliphatic carbocycles. The maximum atomic E-state index is 12.5. The van der Waals surface area contributed by atoms with E-state index < -0.39 is 5.72 Å². The van der Waals surface area contributed by atoms with Crippen LogP contribution in [0.3, 0.4) is 0 Å². The standard InChI is InChI=1S/C19H18ClN3O2/c20-16-8-6-14(7-9-16)17-21-19(25-22-17)10-12-23(13-11-19)18(24)15-4-2-1-3-5-15/h1-9H,10-13H2,(H,21,22). The summed E-state index contributed by atoms with van der Waals surface area (Å²) in [4.78, 5) is 24.9. The molecule has 0 radical (unpaired) electrons. The van der Waals surface area contributed by atoms with Gasteiger partial charge in [0, 0.05) is 42.1 Å². The minimum atomic E-state index is -0.595. The van der Waals surface area contributed by atoms with Crippen LogP contribution in [0, 0.1) is 0 Å². The van der Waals surface area contributed by atoms with Crippen LogP contribution in [0.5, 0.6) is 0 Å². The summed E-state index contributed by atoms with van der Waals surface area (Å²) >= 11 is 5.93. The number of benzene rings is 2. The summed E-state index contributed by atoms with van der Waals surface area (Å²) in [5.74, 6) is 0.766. The van der Waals surface area contributed by atoms with E-state index in [2.05, 4.69) is 5.48 Å². The van der Waals surface area contributed by atoms with Crippen molar-refractivity contribution in [2.45, 2.75) is 18.6 Å². The lowest BCUT2D eigenvalue weighted by atomic mass is 10.00. The normalized spacial score (nSPS) is 18.8. The van der Waals surface area contributed by atoms with Crippen molar-refractivity contribution in [2.24, 2.45) is 4.99 Å². The molecule has 1 N–H and O–H groups in total. The van der Waals surface area contributed by atoms with Gasteiger partial charge in [-0.2, -0.15) is 0 Å². The monoisotopic (exact) mass is 355 g/mol. The number of piperidine rings is 1. The molecular weight excluding hydrogens is 338 g/mol. The lowest BCUT2D eigenvalue weighted by Gasteiger charge is -2.35. The van der Waals surface area contributed by atoms with E-state index in [1.54, 1.807) is 0 Å². The largest absolute Gasteiger partial charge is 0.338 e. The van der Waals surface area contributed by atoms with Gasteiger partial charge < -0.3 is 4.90 Å². The number of rotatable bonds is 2. The van der Waals surface area contributed by atoms with Crippen LogP contribution in [0.25, 0.3) is 0 Å². The Morgan fingerprint density at radius 3 is 2.44 bits per heavy atom. The van der Waals surface area contributed by atoms with Gasteiger partial charge in [0.25, 0.3) is 5.91 Å². The van der Waals surface area contributed by atoms with Gasteiger partial charge in [-0.05, 0) is 36.4 Å². The fraction of sp³-hybridized carbons (Fsp3) is 0.263. The number of amidine groups is 1. The molecule has 2 aromatic rings. The van der Waals surface area contributed by atoms with Crippen LogP contribution in [0.1, 0.15) is 28.8 Å². The zero-order valence-corrected chi connectivity index (χ0v) is 14.4. The third-order valence-electron chi connectivity index (χ3n) is 4.62. The molecule has 1 saturated heterocycles. The van der Waals surface area contributed by atoms with Crippen LogP contribution in [0.15, 0.2) is 59.6 Å². The lowest BCUT2D eigenvalue weighted by Crippen LogP contribution is -2.46. The quantitative estimate of drug-likeness (QED) is 0.899. The first-order chi connectivity index (χ1) is 12.2. The van der Waals surface area contributed by atoms with Crippen molar-refractivity contribution in [3.8, 4) is 0 Å². The van der Waals surface area contributed by atoms with E-state index in [4.69, 9.17) is 21.4 Å². The van der Waals surface area contributed by atoms with Crippen molar-refractivity contribution in [1.82, 2.24) is 10.4 Å². The molecule has 128 valence electrons. The number of hydrogen-bond donors (Lipinski definition) is 1. The molecule has 1 spiro atoms. The van der Waals surface area contributed by atoms with Crippen LogP contribution in [0.4, 0.5) is 0 Å². The fourth-order valence-electron chi connectivity index (χ4n) is 3.16. The van der Waals surface area contributed by atoms with Crippen molar-refractivity contribution in [3.05, 3.63) is 70.7 Å². The van der Waals surface area contributed by atoms with Gasteiger partial charge >= 0.3 is 0 Å². The van der Waals surface area contributed by atoms with Gasteiger partial charge in [-0.3, -0.25) is 4.79 Å². The molecule has 0 aromatic heterocycles. The van der Waals surface area contributed by atoms with Crippen LogP contribution < -0.4 is 5.48 Å². The van der Waals surface area contributed by atoms with Crippen LogP contribution >= 0.6 is 11.6 Å². The number of halogens is 1. The minimum absolute atomic E-state index is 0.0586. The lowest BCUT2D eigenvalue weighted by molar-refractivity contribution is -0.0849. The van der Waals surface area contributed by atoms with Crippen LogP contribution in [-0.4, -0.2) is 35.5 Å². The predicted molar refractivity (Wildman–Crippen MR) is 96.5 cm³/mol. The summed E-state index contributed by atoms with van der Waals surface area (Å²) in [5.41, 5.74) is 3.99. The van der Waals surface area contributed by atoms with Gasteiger partial charge in [0.15, 0.2) is 11.6 Å². The van der Waals surface area contributed by atoms with Gasteiger partial charge in [-0.15, -0.1) is 0 Å². The Morgan fingerprint density at radius 1 is 1.08 bits per heavy atom. The van der Waals surface area contributed by atoms with Gasteiger partial charge in [0.05, 0.1) is 0 Å². The zero-order chi connectivity index (χ0) is 17.3. The Balaban J connectivity index is 1.45. The van der Waals surface area contributed by atoms with Gasteiger partial charge in [0.2, 0.25) is 0 Å². The van der Waals surface area contributed by atoms with Crippen molar-refractivity contribution in [3.63, 3.8) is 0 Å². The molecule has 0 bridgehead atoms. The average Bonchev–Trinajstić information content (AvgIpc) is 3.07. The highest BCUT2D eigenvalue weighted by molar-refractivity contribution is 6.30. The van der Waals surface area contributed by atoms with E-state index in [-0.39, 0.29) is 5.91 Å². The van der Waals surface area contributed by atoms with Crippen molar-refractivity contribution < 1.29 is 9.63 Å². The number of aliphatic imine (C=N–C) groups is 1. The number of amides is 1. The first kappa shape index (κ1) is 16.1. The second-order valence-corrected chi connectivity index (χ2v) is 6.71. The molecule has 1 amide bonds. The summed E-state index contributed by atoms with van der Waals surface area (Å²) in [6, 6.07) is 16.8. The Bertz CT molecular complexity index is 797. The first-order valence-corrected chi connectivity index (χ1v) is 8.67. The maximum absolute atomic E-state index is 12.5. The Labute approximate surface area is 151 Å². The van der Waals surface area contributed by atoms with Crippen molar-refractivity contribution >= 4 is 23.3 Å². The SMILES string of the molecule is O=C(c1ccccc1)N1CCC2(CC1)N=C(c1ccc(Cl)cc1)NO2. The number of nitrogens with one attached hydrogen (secondary N) is 1. The molecule has 25 heavy (non-hydrogen) atoms. The van der Waals surface area contributed by atoms with E-state index in [1.807, 2.05) is 59.5 Å². The van der Waals surface area contributed by atoms with Crippen LogP contribution in [0.2, 0.25) is 5.02 Å². The number of nitrogens with zero attached hydrogens (tertiary/aromatic N) is 2. The van der Waals surface area contributed by atoms with E-state index in [0.717, 1.165) is 5.56 Å². The molecule has 4 rings (SSSR count). The Morgan fingerprint density at radius 2 is 1.76 bits per heavy atom. The molecular formula is C19H18ClN3O2. The van der Waals surface area contributed by atoms with Crippen molar-refractivity contribution in [1.29, 1.82) is 0 Å². The molecule has 2 aromatic carbocycles. The molecule has 0 atom stereocenters. The van der Waals surface area contributed by atoms with Gasteiger partial charge in [0.1, 0.15) is 0 Å². The topological polar surface area (TPSA) is 53.9 Å². The molecule has 2 aliphatic heterocycles. The molecule has 0 unspecified atom stereocenters. The smallest absolute Gasteiger partial charge is 0.253 e. The summed E-state index contributed by atoms with van der Waals surface area (Å²) in [6.07, 6.45) is 1.32. The maximum Gasteiger partial charge on any atom is 0.253 e. The summed E-state index contributed by atoms with van der Waals surface area (Å²) in [5, 5.41) is 0.686. The highest BCUT2D eigenvalue weighted by Crippen LogP contribution is 2.31. The van der Waals surface area contributed by atoms with E-state index >= 15 is 0 Å². The molecule has 0 saturated carbocycles. The highest BCUT2D eigenvalue weighted by Gasteiger charge is 2.41. The highest BCUT2D eigenvalue weighted by atomic mass is 35.5. The van der Waals surface area contributed by atoms with Crippen LogP contribution in [-0.2, 0) is 4.84 Å². The predicted octanol–water partition coefficient (Wildman–Crippen LogP) is 3.25. The third-order valence-corrected chi connectivity index (χ3v) is 4.88. The zero-order valence-electron chi connectivity index (χ0n) is 13.6. The number of hydroxylamine groups is 1. The number of carbonyl (C=O) groups excluding carboxylic acids is 1. The second kappa shape index (κ2) is 6.50. The van der Waals surface area contributed by atoms with Crippen molar-refractivity contribution in [2.75, 3.05) is 13.1 Å². The number of hydrogen-bond acceptors (Lipinski definition) is 4. The van der Waals surface area contributed by atoms with E-state index in [1.165, 1.54) is 0 Å².